The topological polar surface area (TPSA) is 81.7 Å². The van der Waals surface area contributed by atoms with Gasteiger partial charge in [0.05, 0.1) is 18.6 Å². The summed E-state index contributed by atoms with van der Waals surface area (Å²) in [5.41, 5.74) is -0.622. The first-order valence-corrected chi connectivity index (χ1v) is 5.78. The molecule has 1 amide bonds. The Labute approximate surface area is 107 Å². The first-order chi connectivity index (χ1) is 8.14. The molecule has 0 aromatic carbocycles. The average Bonchev–Trinajstić information content (AvgIpc) is 2.11. The monoisotopic (exact) mass is 259 g/mol. The average molecular weight is 259 g/mol. The molecule has 0 aromatic rings. The van der Waals surface area contributed by atoms with Gasteiger partial charge in [0.25, 0.3) is 0 Å². The molecule has 104 valence electrons. The standard InChI is InChI=1S/C12H21NO5/c1-8(2)17-11(16)13-9(7-14)6-10(15)18-12(3,4)5/h7-9H,6H2,1-5H3,(H,13,16)/t9-/m0/s1. The van der Waals surface area contributed by atoms with Gasteiger partial charge >= 0.3 is 12.1 Å². The van der Waals surface area contributed by atoms with E-state index in [1.54, 1.807) is 34.6 Å². The van der Waals surface area contributed by atoms with Crippen molar-refractivity contribution in [3.8, 4) is 0 Å². The van der Waals surface area contributed by atoms with Crippen molar-refractivity contribution in [2.45, 2.75) is 58.8 Å². The first kappa shape index (κ1) is 16.4. The molecular weight excluding hydrogens is 238 g/mol. The summed E-state index contributed by atoms with van der Waals surface area (Å²) in [6, 6.07) is -0.939. The number of carbonyl (C=O) groups excluding carboxylic acids is 3. The van der Waals surface area contributed by atoms with Crippen molar-refractivity contribution in [2.24, 2.45) is 0 Å². The number of hydrogen-bond donors (Lipinski definition) is 1. The van der Waals surface area contributed by atoms with Crippen LogP contribution >= 0.6 is 0 Å². The Kier molecular flexibility index (Phi) is 6.36. The number of ether oxygens (including phenoxy) is 2. The third-order valence-corrected chi connectivity index (χ3v) is 1.62. The van der Waals surface area contributed by atoms with Crippen LogP contribution in [0.2, 0.25) is 0 Å². The molecule has 6 nitrogen and oxygen atoms in total. The van der Waals surface area contributed by atoms with Gasteiger partial charge in [0.15, 0.2) is 0 Å². The lowest BCUT2D eigenvalue weighted by atomic mass is 10.2. The van der Waals surface area contributed by atoms with Crippen LogP contribution in [0.25, 0.3) is 0 Å². The summed E-state index contributed by atoms with van der Waals surface area (Å²) in [5, 5.41) is 2.28. The van der Waals surface area contributed by atoms with E-state index in [0.717, 1.165) is 0 Å². The van der Waals surface area contributed by atoms with Gasteiger partial charge < -0.3 is 19.6 Å². The minimum absolute atomic E-state index is 0.214. The van der Waals surface area contributed by atoms with Crippen LogP contribution in [0.1, 0.15) is 41.0 Å². The number of alkyl carbamates (subject to hydrolysis) is 1. The first-order valence-electron chi connectivity index (χ1n) is 5.78. The van der Waals surface area contributed by atoms with Crippen LogP contribution in [0.15, 0.2) is 0 Å². The third-order valence-electron chi connectivity index (χ3n) is 1.62. The predicted molar refractivity (Wildman–Crippen MR) is 65.1 cm³/mol. The van der Waals surface area contributed by atoms with E-state index in [0.29, 0.717) is 6.29 Å². The largest absolute Gasteiger partial charge is 0.460 e. The van der Waals surface area contributed by atoms with Crippen LogP contribution in [0, 0.1) is 0 Å². The molecule has 0 aromatic heterocycles. The van der Waals surface area contributed by atoms with Crippen molar-refractivity contribution in [1.29, 1.82) is 0 Å². The van der Waals surface area contributed by atoms with Crippen LogP contribution in [-0.4, -0.2) is 36.1 Å². The summed E-state index contributed by atoms with van der Waals surface area (Å²) < 4.78 is 9.85. The smallest absolute Gasteiger partial charge is 0.407 e. The number of esters is 1. The van der Waals surface area contributed by atoms with Crippen LogP contribution in [-0.2, 0) is 19.1 Å². The zero-order chi connectivity index (χ0) is 14.3. The Hall–Kier alpha value is -1.59. The fraction of sp³-hybridized carbons (Fsp3) is 0.750. The van der Waals surface area contributed by atoms with Crippen LogP contribution in [0.5, 0.6) is 0 Å². The molecule has 0 spiro atoms. The highest BCUT2D eigenvalue weighted by molar-refractivity contribution is 5.79. The minimum Gasteiger partial charge on any atom is -0.460 e. The maximum Gasteiger partial charge on any atom is 0.407 e. The van der Waals surface area contributed by atoms with Gasteiger partial charge in [0.2, 0.25) is 0 Å². The van der Waals surface area contributed by atoms with Crippen LogP contribution in [0.4, 0.5) is 4.79 Å². The quantitative estimate of drug-likeness (QED) is 0.596. The van der Waals surface area contributed by atoms with Gasteiger partial charge in [-0.05, 0) is 34.6 Å². The molecule has 0 saturated carbocycles. The van der Waals surface area contributed by atoms with E-state index in [9.17, 15) is 14.4 Å². The van der Waals surface area contributed by atoms with E-state index in [1.165, 1.54) is 0 Å². The number of hydrogen-bond acceptors (Lipinski definition) is 5. The summed E-state index contributed by atoms with van der Waals surface area (Å²) in [4.78, 5) is 33.5. The van der Waals surface area contributed by atoms with Gasteiger partial charge in [-0.3, -0.25) is 4.79 Å². The summed E-state index contributed by atoms with van der Waals surface area (Å²) in [5.74, 6) is -0.551. The number of nitrogens with one attached hydrogen (secondary N) is 1. The van der Waals surface area contributed by atoms with Crippen molar-refractivity contribution in [3.05, 3.63) is 0 Å². The summed E-state index contributed by atoms with van der Waals surface area (Å²) in [7, 11) is 0. The molecule has 0 radical (unpaired) electrons. The van der Waals surface area contributed by atoms with Crippen LogP contribution in [0.3, 0.4) is 0 Å². The van der Waals surface area contributed by atoms with Crippen LogP contribution < -0.4 is 5.32 Å². The van der Waals surface area contributed by atoms with E-state index in [2.05, 4.69) is 5.32 Å². The molecule has 0 aliphatic rings. The van der Waals surface area contributed by atoms with Gasteiger partial charge in [0, 0.05) is 0 Å². The van der Waals surface area contributed by atoms with Crippen molar-refractivity contribution >= 4 is 18.3 Å². The highest BCUT2D eigenvalue weighted by atomic mass is 16.6. The van der Waals surface area contributed by atoms with E-state index < -0.39 is 23.7 Å². The normalized spacial score (nSPS) is 12.8. The lowest BCUT2D eigenvalue weighted by molar-refractivity contribution is -0.155. The molecule has 0 heterocycles. The van der Waals surface area contributed by atoms with Gasteiger partial charge in [-0.2, -0.15) is 0 Å². The van der Waals surface area contributed by atoms with Crippen molar-refractivity contribution in [3.63, 3.8) is 0 Å². The van der Waals surface area contributed by atoms with Gasteiger partial charge in [0.1, 0.15) is 11.9 Å². The maximum absolute atomic E-state index is 11.5. The fourth-order valence-corrected chi connectivity index (χ4v) is 1.10. The summed E-state index contributed by atoms with van der Waals surface area (Å²) in [6.45, 7) is 8.54. The van der Waals surface area contributed by atoms with Gasteiger partial charge in [-0.25, -0.2) is 4.79 Å². The molecule has 0 saturated heterocycles. The molecule has 0 rings (SSSR count). The number of rotatable bonds is 5. The maximum atomic E-state index is 11.5. The number of carbonyl (C=O) groups is 3. The van der Waals surface area contributed by atoms with Gasteiger partial charge in [-0.1, -0.05) is 0 Å². The molecule has 18 heavy (non-hydrogen) atoms. The molecule has 1 N–H and O–H groups in total. The Bertz CT molecular complexity index is 306. The van der Waals surface area contributed by atoms with E-state index in [1.807, 2.05) is 0 Å². The minimum atomic E-state index is -0.939. The van der Waals surface area contributed by atoms with E-state index >= 15 is 0 Å². The Morgan fingerprint density at radius 2 is 1.83 bits per heavy atom. The van der Waals surface area contributed by atoms with E-state index in [4.69, 9.17) is 9.47 Å². The highest BCUT2D eigenvalue weighted by Crippen LogP contribution is 2.09. The molecule has 6 heteroatoms. The SMILES string of the molecule is CC(C)OC(=O)N[C@H](C=O)CC(=O)OC(C)(C)C. The summed E-state index contributed by atoms with van der Waals surface area (Å²) >= 11 is 0. The number of amides is 1. The molecule has 0 unspecified atom stereocenters. The third kappa shape index (κ3) is 8.55. The zero-order valence-electron chi connectivity index (χ0n) is 11.5. The van der Waals surface area contributed by atoms with Crippen molar-refractivity contribution in [2.75, 3.05) is 0 Å². The zero-order valence-corrected chi connectivity index (χ0v) is 11.5. The number of aldehydes is 1. The highest BCUT2D eigenvalue weighted by Gasteiger charge is 2.22. The molecule has 0 aliphatic carbocycles. The second-order valence-corrected chi connectivity index (χ2v) is 5.13. The predicted octanol–water partition coefficient (Wildman–Crippen LogP) is 1.42. The molecule has 0 bridgehead atoms. The van der Waals surface area contributed by atoms with Crippen molar-refractivity contribution in [1.82, 2.24) is 5.32 Å². The molecular formula is C12H21NO5. The lowest BCUT2D eigenvalue weighted by Crippen LogP contribution is -2.40. The Morgan fingerprint density at radius 1 is 1.28 bits per heavy atom. The molecule has 0 fully saturated rings. The Balaban J connectivity index is 4.23. The van der Waals surface area contributed by atoms with E-state index in [-0.39, 0.29) is 12.5 Å². The lowest BCUT2D eigenvalue weighted by Gasteiger charge is -2.21. The molecule has 1 atom stereocenters. The second kappa shape index (κ2) is 6.98. The second-order valence-electron chi connectivity index (χ2n) is 5.13. The fourth-order valence-electron chi connectivity index (χ4n) is 1.10. The summed E-state index contributed by atoms with van der Waals surface area (Å²) in [6.07, 6.45) is -0.760. The molecule has 0 aliphatic heterocycles. The van der Waals surface area contributed by atoms with Crippen molar-refractivity contribution < 1.29 is 23.9 Å². The Morgan fingerprint density at radius 3 is 2.22 bits per heavy atom. The van der Waals surface area contributed by atoms with Gasteiger partial charge in [-0.15, -0.1) is 0 Å².